The summed E-state index contributed by atoms with van der Waals surface area (Å²) in [5, 5.41) is 0. The van der Waals surface area contributed by atoms with Crippen molar-refractivity contribution in [2.45, 2.75) is 36.2 Å². The third-order valence-corrected chi connectivity index (χ3v) is 7.31. The van der Waals surface area contributed by atoms with E-state index in [1.807, 2.05) is 17.0 Å². The van der Waals surface area contributed by atoms with Crippen LogP contribution in [0.25, 0.3) is 0 Å². The van der Waals surface area contributed by atoms with E-state index in [1.54, 1.807) is 42.7 Å². The van der Waals surface area contributed by atoms with Crippen molar-refractivity contribution < 1.29 is 13.2 Å². The zero-order valence-electron chi connectivity index (χ0n) is 14.4. The lowest BCUT2D eigenvalue weighted by atomic mass is 9.95. The molecule has 2 aliphatic rings. The summed E-state index contributed by atoms with van der Waals surface area (Å²) < 4.78 is 27.4. The van der Waals surface area contributed by atoms with Gasteiger partial charge in [-0.2, -0.15) is 4.31 Å². The van der Waals surface area contributed by atoms with E-state index in [1.165, 1.54) is 4.31 Å². The Labute approximate surface area is 153 Å². The molecule has 3 heterocycles. The van der Waals surface area contributed by atoms with Gasteiger partial charge in [0.2, 0.25) is 15.9 Å². The molecule has 4 rings (SSSR count). The van der Waals surface area contributed by atoms with Crippen molar-refractivity contribution in [3.63, 3.8) is 0 Å². The molecule has 0 aliphatic carbocycles. The number of carbonyl (C=O) groups excluding carboxylic acids is 1. The Bertz CT molecular complexity index is 902. The summed E-state index contributed by atoms with van der Waals surface area (Å²) in [4.78, 5) is 18.7. The van der Waals surface area contributed by atoms with Crippen LogP contribution in [0.2, 0.25) is 0 Å². The number of rotatable bonds is 4. The van der Waals surface area contributed by atoms with Gasteiger partial charge in [0.25, 0.3) is 0 Å². The van der Waals surface area contributed by atoms with E-state index in [4.69, 9.17) is 0 Å². The molecule has 1 amide bonds. The van der Waals surface area contributed by atoms with E-state index in [0.29, 0.717) is 43.8 Å². The summed E-state index contributed by atoms with van der Waals surface area (Å²) in [7, 11) is -3.53. The van der Waals surface area contributed by atoms with E-state index in [-0.39, 0.29) is 5.91 Å². The summed E-state index contributed by atoms with van der Waals surface area (Å²) in [6.07, 6.45) is 5.28. The van der Waals surface area contributed by atoms with E-state index in [0.717, 1.165) is 5.56 Å². The Balaban J connectivity index is 1.58. The predicted molar refractivity (Wildman–Crippen MR) is 96.6 cm³/mol. The van der Waals surface area contributed by atoms with Gasteiger partial charge in [0, 0.05) is 38.4 Å². The number of pyridine rings is 1. The molecule has 1 unspecified atom stereocenters. The van der Waals surface area contributed by atoms with Crippen molar-refractivity contribution >= 4 is 15.9 Å². The van der Waals surface area contributed by atoms with E-state index in [9.17, 15) is 13.2 Å². The van der Waals surface area contributed by atoms with Gasteiger partial charge in [-0.15, -0.1) is 0 Å². The lowest BCUT2D eigenvalue weighted by Crippen LogP contribution is -2.47. The molecular formula is C19H21N3O3S. The first kappa shape index (κ1) is 17.2. The van der Waals surface area contributed by atoms with Gasteiger partial charge in [0.05, 0.1) is 10.4 Å². The van der Waals surface area contributed by atoms with Gasteiger partial charge >= 0.3 is 0 Å². The fourth-order valence-electron chi connectivity index (χ4n) is 3.99. The van der Waals surface area contributed by atoms with Gasteiger partial charge in [0.1, 0.15) is 0 Å². The topological polar surface area (TPSA) is 70.6 Å². The molecule has 0 saturated carbocycles. The Morgan fingerprint density at radius 1 is 1.04 bits per heavy atom. The summed E-state index contributed by atoms with van der Waals surface area (Å²) in [5.41, 5.74) is 0.612. The van der Waals surface area contributed by atoms with Crippen LogP contribution in [0.15, 0.2) is 59.8 Å². The smallest absolute Gasteiger partial charge is 0.243 e. The lowest BCUT2D eigenvalue weighted by molar-refractivity contribution is -0.131. The molecule has 1 aromatic heterocycles. The van der Waals surface area contributed by atoms with Crippen LogP contribution < -0.4 is 0 Å². The number of amides is 1. The van der Waals surface area contributed by atoms with Crippen molar-refractivity contribution in [3.8, 4) is 0 Å². The zero-order chi connectivity index (χ0) is 18.2. The van der Waals surface area contributed by atoms with Crippen LogP contribution in [-0.2, 0) is 21.4 Å². The third kappa shape index (κ3) is 2.91. The normalized spacial score (nSPS) is 23.8. The van der Waals surface area contributed by atoms with E-state index in [2.05, 4.69) is 4.98 Å². The number of likely N-dealkylation sites (tertiary alicyclic amines) is 1. The maximum atomic E-state index is 12.9. The molecule has 0 bridgehead atoms. The number of carbonyl (C=O) groups is 1. The standard InChI is InChI=1S/C19H21N3O3S/c23-18-6-9-19(22(18)14-16-7-11-20-12-8-16)10-13-21(15-19)26(24,25)17-4-2-1-3-5-17/h1-5,7-8,11-12H,6,9-10,13-15H2. The SMILES string of the molecule is O=C1CCC2(CCN(S(=O)(=O)c3ccccc3)C2)N1Cc1ccncc1. The first-order chi connectivity index (χ1) is 12.5. The summed E-state index contributed by atoms with van der Waals surface area (Å²) >= 11 is 0. The van der Waals surface area contributed by atoms with Crippen LogP contribution in [-0.4, -0.2) is 47.1 Å². The second-order valence-corrected chi connectivity index (χ2v) is 8.90. The highest BCUT2D eigenvalue weighted by Crippen LogP contribution is 2.41. The second-order valence-electron chi connectivity index (χ2n) is 6.96. The minimum atomic E-state index is -3.53. The lowest BCUT2D eigenvalue weighted by Gasteiger charge is -2.35. The average Bonchev–Trinajstić information content (AvgIpc) is 3.24. The van der Waals surface area contributed by atoms with Crippen LogP contribution >= 0.6 is 0 Å². The Hall–Kier alpha value is -2.25. The van der Waals surface area contributed by atoms with E-state index < -0.39 is 15.6 Å². The van der Waals surface area contributed by atoms with Crippen molar-refractivity contribution in [2.24, 2.45) is 0 Å². The number of sulfonamides is 1. The Morgan fingerprint density at radius 3 is 2.50 bits per heavy atom. The molecule has 0 radical (unpaired) electrons. The number of nitrogens with zero attached hydrogens (tertiary/aromatic N) is 3. The quantitative estimate of drug-likeness (QED) is 0.825. The van der Waals surface area contributed by atoms with E-state index >= 15 is 0 Å². The van der Waals surface area contributed by atoms with Gasteiger partial charge in [-0.3, -0.25) is 9.78 Å². The highest BCUT2D eigenvalue weighted by atomic mass is 32.2. The minimum Gasteiger partial charge on any atom is -0.331 e. The summed E-state index contributed by atoms with van der Waals surface area (Å²) in [5.74, 6) is 0.0979. The predicted octanol–water partition coefficient (Wildman–Crippen LogP) is 2.04. The Kier molecular flexibility index (Phi) is 4.28. The van der Waals surface area contributed by atoms with Crippen LogP contribution in [0, 0.1) is 0 Å². The Morgan fingerprint density at radius 2 is 1.77 bits per heavy atom. The highest BCUT2D eigenvalue weighted by molar-refractivity contribution is 7.89. The number of hydrogen-bond acceptors (Lipinski definition) is 4. The molecule has 1 spiro atoms. The zero-order valence-corrected chi connectivity index (χ0v) is 15.2. The van der Waals surface area contributed by atoms with Crippen LogP contribution in [0.5, 0.6) is 0 Å². The number of benzene rings is 1. The molecule has 1 aromatic carbocycles. The molecule has 1 atom stereocenters. The average molecular weight is 371 g/mol. The van der Waals surface area contributed by atoms with Crippen molar-refractivity contribution in [1.29, 1.82) is 0 Å². The summed E-state index contributed by atoms with van der Waals surface area (Å²) in [6.45, 7) is 1.30. The monoisotopic (exact) mass is 371 g/mol. The summed E-state index contributed by atoms with van der Waals surface area (Å²) in [6, 6.07) is 12.3. The number of hydrogen-bond donors (Lipinski definition) is 0. The molecule has 7 heteroatoms. The van der Waals surface area contributed by atoms with Crippen molar-refractivity contribution in [1.82, 2.24) is 14.2 Å². The van der Waals surface area contributed by atoms with Gasteiger partial charge in [0.15, 0.2) is 0 Å². The van der Waals surface area contributed by atoms with Crippen LogP contribution in [0.4, 0.5) is 0 Å². The molecule has 6 nitrogen and oxygen atoms in total. The fourth-order valence-corrected chi connectivity index (χ4v) is 5.53. The maximum Gasteiger partial charge on any atom is 0.243 e. The first-order valence-corrected chi connectivity index (χ1v) is 10.2. The third-order valence-electron chi connectivity index (χ3n) is 5.45. The minimum absolute atomic E-state index is 0.0979. The van der Waals surface area contributed by atoms with Gasteiger partial charge in [-0.05, 0) is 42.7 Å². The van der Waals surface area contributed by atoms with Crippen LogP contribution in [0.1, 0.15) is 24.8 Å². The molecule has 136 valence electrons. The molecule has 0 N–H and O–H groups in total. The maximum absolute atomic E-state index is 12.9. The molecule has 2 aliphatic heterocycles. The van der Waals surface area contributed by atoms with Gasteiger partial charge in [-0.25, -0.2) is 8.42 Å². The second kappa shape index (κ2) is 6.48. The molecule has 26 heavy (non-hydrogen) atoms. The molecule has 2 fully saturated rings. The highest BCUT2D eigenvalue weighted by Gasteiger charge is 2.51. The van der Waals surface area contributed by atoms with Crippen molar-refractivity contribution in [2.75, 3.05) is 13.1 Å². The van der Waals surface area contributed by atoms with Gasteiger partial charge < -0.3 is 4.90 Å². The van der Waals surface area contributed by atoms with Gasteiger partial charge in [-0.1, -0.05) is 18.2 Å². The molecule has 2 aromatic rings. The molecular weight excluding hydrogens is 350 g/mol. The van der Waals surface area contributed by atoms with Crippen LogP contribution in [0.3, 0.4) is 0 Å². The fraction of sp³-hybridized carbons (Fsp3) is 0.368. The largest absolute Gasteiger partial charge is 0.331 e. The van der Waals surface area contributed by atoms with Crippen molar-refractivity contribution in [3.05, 3.63) is 60.4 Å². The number of aromatic nitrogens is 1. The molecule has 2 saturated heterocycles. The first-order valence-electron chi connectivity index (χ1n) is 8.76.